The third kappa shape index (κ3) is 2.29. The Morgan fingerprint density at radius 1 is 1.14 bits per heavy atom. The Hall–Kier alpha value is -1.89. The van der Waals surface area contributed by atoms with E-state index in [2.05, 4.69) is 18.8 Å². The molecule has 0 saturated carbocycles. The standard InChI is InChI=1S/C15H25N5O2/c1-6-10(7-2)12-17-13-11(20(12)9(3)8-16)14(21)19(5)15(22)18(13)4/h9-10H,6-8,16H2,1-5H3. The molecule has 2 heterocycles. The van der Waals surface area contributed by atoms with Crippen LogP contribution in [0.4, 0.5) is 0 Å². The normalized spacial score (nSPS) is 13.2. The second-order valence-electron chi connectivity index (χ2n) is 5.82. The number of nitrogens with two attached hydrogens (primary N) is 1. The van der Waals surface area contributed by atoms with Gasteiger partial charge >= 0.3 is 5.69 Å². The van der Waals surface area contributed by atoms with E-state index < -0.39 is 0 Å². The lowest BCUT2D eigenvalue weighted by Gasteiger charge is -2.19. The molecular weight excluding hydrogens is 282 g/mol. The summed E-state index contributed by atoms with van der Waals surface area (Å²) in [6.45, 7) is 6.58. The van der Waals surface area contributed by atoms with E-state index in [4.69, 9.17) is 5.73 Å². The molecule has 0 aromatic carbocycles. The van der Waals surface area contributed by atoms with E-state index in [9.17, 15) is 9.59 Å². The number of nitrogens with zero attached hydrogens (tertiary/aromatic N) is 4. The average molecular weight is 307 g/mol. The summed E-state index contributed by atoms with van der Waals surface area (Å²) in [5.74, 6) is 1.08. The van der Waals surface area contributed by atoms with Gasteiger partial charge in [-0.15, -0.1) is 0 Å². The molecule has 0 aliphatic carbocycles. The highest BCUT2D eigenvalue weighted by Gasteiger charge is 2.25. The summed E-state index contributed by atoms with van der Waals surface area (Å²) in [5, 5.41) is 0. The minimum atomic E-state index is -0.362. The van der Waals surface area contributed by atoms with Crippen LogP contribution >= 0.6 is 0 Å². The van der Waals surface area contributed by atoms with Crippen LogP contribution < -0.4 is 17.0 Å². The van der Waals surface area contributed by atoms with Gasteiger partial charge in [-0.1, -0.05) is 13.8 Å². The first-order valence-corrected chi connectivity index (χ1v) is 7.76. The molecule has 0 saturated heterocycles. The molecular formula is C15H25N5O2. The van der Waals surface area contributed by atoms with Gasteiger partial charge in [0.05, 0.1) is 0 Å². The van der Waals surface area contributed by atoms with Gasteiger partial charge in [0.15, 0.2) is 11.2 Å². The Balaban J connectivity index is 2.99. The van der Waals surface area contributed by atoms with Gasteiger partial charge < -0.3 is 10.3 Å². The van der Waals surface area contributed by atoms with Crippen molar-refractivity contribution in [3.05, 3.63) is 26.7 Å². The Kier molecular flexibility index (Phi) is 4.55. The highest BCUT2D eigenvalue weighted by Crippen LogP contribution is 2.27. The number of hydrogen-bond donors (Lipinski definition) is 1. The number of aromatic nitrogens is 4. The molecule has 0 bridgehead atoms. The molecule has 1 atom stereocenters. The molecule has 2 N–H and O–H groups in total. The number of fused-ring (bicyclic) bond motifs is 1. The van der Waals surface area contributed by atoms with Gasteiger partial charge in [0.1, 0.15) is 5.82 Å². The first kappa shape index (κ1) is 16.5. The van der Waals surface area contributed by atoms with Crippen molar-refractivity contribution in [1.82, 2.24) is 18.7 Å². The molecule has 0 aliphatic heterocycles. The molecule has 22 heavy (non-hydrogen) atoms. The zero-order chi connectivity index (χ0) is 16.6. The van der Waals surface area contributed by atoms with E-state index in [0.29, 0.717) is 17.7 Å². The van der Waals surface area contributed by atoms with E-state index in [1.807, 2.05) is 11.5 Å². The van der Waals surface area contributed by atoms with E-state index in [1.165, 1.54) is 11.6 Å². The average Bonchev–Trinajstić information content (AvgIpc) is 2.91. The van der Waals surface area contributed by atoms with Crippen molar-refractivity contribution in [2.75, 3.05) is 6.54 Å². The Morgan fingerprint density at radius 3 is 2.23 bits per heavy atom. The second kappa shape index (κ2) is 6.08. The van der Waals surface area contributed by atoms with Crippen LogP contribution in [-0.2, 0) is 14.1 Å². The van der Waals surface area contributed by atoms with Crippen molar-refractivity contribution in [2.45, 2.75) is 45.6 Å². The maximum absolute atomic E-state index is 12.6. The monoisotopic (exact) mass is 307 g/mol. The largest absolute Gasteiger partial charge is 0.332 e. The summed E-state index contributed by atoms with van der Waals surface area (Å²) in [7, 11) is 3.14. The van der Waals surface area contributed by atoms with Gasteiger partial charge in [-0.2, -0.15) is 0 Å². The highest BCUT2D eigenvalue weighted by molar-refractivity contribution is 5.71. The van der Waals surface area contributed by atoms with Crippen LogP contribution in [0.15, 0.2) is 9.59 Å². The second-order valence-corrected chi connectivity index (χ2v) is 5.82. The summed E-state index contributed by atoms with van der Waals surface area (Å²) in [6, 6.07) is -0.0502. The number of imidazole rings is 1. The molecule has 122 valence electrons. The van der Waals surface area contributed by atoms with Crippen LogP contribution in [-0.4, -0.2) is 25.2 Å². The molecule has 7 heteroatoms. The maximum atomic E-state index is 12.6. The van der Waals surface area contributed by atoms with Crippen LogP contribution in [0.3, 0.4) is 0 Å². The maximum Gasteiger partial charge on any atom is 0.332 e. The Bertz CT molecular complexity index is 795. The zero-order valence-electron chi connectivity index (χ0n) is 14.0. The highest BCUT2D eigenvalue weighted by atomic mass is 16.2. The fourth-order valence-electron chi connectivity index (χ4n) is 2.92. The summed E-state index contributed by atoms with van der Waals surface area (Å²) in [5.41, 5.74) is 6.06. The van der Waals surface area contributed by atoms with Gasteiger partial charge in [-0.05, 0) is 19.8 Å². The first-order valence-electron chi connectivity index (χ1n) is 7.76. The van der Waals surface area contributed by atoms with E-state index in [-0.39, 0.29) is 23.2 Å². The zero-order valence-corrected chi connectivity index (χ0v) is 14.0. The van der Waals surface area contributed by atoms with Crippen molar-refractivity contribution in [2.24, 2.45) is 19.8 Å². The molecule has 2 rings (SSSR count). The van der Waals surface area contributed by atoms with Crippen LogP contribution in [0.5, 0.6) is 0 Å². The lowest BCUT2D eigenvalue weighted by molar-refractivity contribution is 0.497. The Labute approximate surface area is 129 Å². The molecule has 0 fully saturated rings. The molecule has 2 aromatic heterocycles. The van der Waals surface area contributed by atoms with E-state index in [1.54, 1.807) is 7.05 Å². The van der Waals surface area contributed by atoms with Crippen molar-refractivity contribution in [1.29, 1.82) is 0 Å². The lowest BCUT2D eigenvalue weighted by Crippen LogP contribution is -2.38. The van der Waals surface area contributed by atoms with E-state index >= 15 is 0 Å². The fraction of sp³-hybridized carbons (Fsp3) is 0.667. The molecule has 0 radical (unpaired) electrons. The molecule has 0 amide bonds. The van der Waals surface area contributed by atoms with Crippen molar-refractivity contribution in [3.63, 3.8) is 0 Å². The van der Waals surface area contributed by atoms with Crippen LogP contribution in [0.2, 0.25) is 0 Å². The molecule has 0 spiro atoms. The number of hydrogen-bond acceptors (Lipinski definition) is 4. The van der Waals surface area contributed by atoms with Crippen molar-refractivity contribution in [3.8, 4) is 0 Å². The van der Waals surface area contributed by atoms with Gasteiger partial charge in [-0.3, -0.25) is 13.9 Å². The summed E-state index contributed by atoms with van der Waals surface area (Å²) in [4.78, 5) is 29.4. The quantitative estimate of drug-likeness (QED) is 0.887. The van der Waals surface area contributed by atoms with Crippen LogP contribution in [0, 0.1) is 0 Å². The van der Waals surface area contributed by atoms with Gasteiger partial charge in [0.2, 0.25) is 0 Å². The van der Waals surface area contributed by atoms with Crippen LogP contribution in [0.1, 0.15) is 51.4 Å². The third-order valence-electron chi connectivity index (χ3n) is 4.45. The predicted molar refractivity (Wildman–Crippen MR) is 87.3 cm³/mol. The molecule has 2 aromatic rings. The fourth-order valence-corrected chi connectivity index (χ4v) is 2.92. The number of aryl methyl sites for hydroxylation is 1. The predicted octanol–water partition coefficient (Wildman–Crippen LogP) is 0.857. The number of rotatable bonds is 5. The lowest BCUT2D eigenvalue weighted by atomic mass is 10.0. The van der Waals surface area contributed by atoms with Crippen LogP contribution in [0.25, 0.3) is 11.2 Å². The van der Waals surface area contributed by atoms with Crippen molar-refractivity contribution < 1.29 is 0 Å². The SMILES string of the molecule is CCC(CC)c1nc2c(c(=O)n(C)c(=O)n2C)n1C(C)CN. The summed E-state index contributed by atoms with van der Waals surface area (Å²) >= 11 is 0. The molecule has 0 aliphatic rings. The smallest absolute Gasteiger partial charge is 0.328 e. The van der Waals surface area contributed by atoms with Crippen molar-refractivity contribution >= 4 is 11.2 Å². The Morgan fingerprint density at radius 2 is 1.73 bits per heavy atom. The topological polar surface area (TPSA) is 87.8 Å². The van der Waals surface area contributed by atoms with E-state index in [0.717, 1.165) is 23.2 Å². The molecule has 1 unspecified atom stereocenters. The van der Waals surface area contributed by atoms with Gasteiger partial charge in [-0.25, -0.2) is 9.78 Å². The first-order chi connectivity index (χ1) is 10.4. The minimum absolute atomic E-state index is 0.0502. The third-order valence-corrected chi connectivity index (χ3v) is 4.45. The minimum Gasteiger partial charge on any atom is -0.328 e. The van der Waals surface area contributed by atoms with Gasteiger partial charge in [0.25, 0.3) is 5.56 Å². The molecule has 7 nitrogen and oxygen atoms in total. The summed E-state index contributed by atoms with van der Waals surface area (Å²) in [6.07, 6.45) is 1.84. The summed E-state index contributed by atoms with van der Waals surface area (Å²) < 4.78 is 4.48. The van der Waals surface area contributed by atoms with Gasteiger partial charge in [0, 0.05) is 32.6 Å².